The van der Waals surface area contributed by atoms with E-state index in [2.05, 4.69) is 34.2 Å². The van der Waals surface area contributed by atoms with E-state index in [0.29, 0.717) is 13.0 Å². The summed E-state index contributed by atoms with van der Waals surface area (Å²) in [6.07, 6.45) is 4.14. The Bertz CT molecular complexity index is 858. The van der Waals surface area contributed by atoms with Crippen molar-refractivity contribution in [3.63, 3.8) is 0 Å². The first-order valence-electron chi connectivity index (χ1n) is 10.8. The number of hydrogen-bond acceptors (Lipinski definition) is 4. The molecule has 1 amide bonds. The summed E-state index contributed by atoms with van der Waals surface area (Å²) in [6.45, 7) is 5.64. The highest BCUT2D eigenvalue weighted by Crippen LogP contribution is 2.37. The van der Waals surface area contributed by atoms with Gasteiger partial charge in [-0.2, -0.15) is 0 Å². The van der Waals surface area contributed by atoms with E-state index < -0.39 is 0 Å². The maximum absolute atomic E-state index is 12.8. The van der Waals surface area contributed by atoms with Crippen molar-refractivity contribution in [1.29, 1.82) is 0 Å². The van der Waals surface area contributed by atoms with Crippen LogP contribution in [0.25, 0.3) is 0 Å². The third-order valence-electron chi connectivity index (χ3n) is 5.84. The van der Waals surface area contributed by atoms with E-state index in [9.17, 15) is 4.79 Å². The van der Waals surface area contributed by atoms with E-state index in [-0.39, 0.29) is 11.9 Å². The van der Waals surface area contributed by atoms with Gasteiger partial charge in [-0.25, -0.2) is 4.99 Å². The molecule has 2 aliphatic heterocycles. The van der Waals surface area contributed by atoms with Gasteiger partial charge in [0, 0.05) is 31.7 Å². The molecular formula is C24H30N4O. The first kappa shape index (κ1) is 19.5. The fourth-order valence-electron chi connectivity index (χ4n) is 4.32. The van der Waals surface area contributed by atoms with Gasteiger partial charge in [-0.1, -0.05) is 48.5 Å². The maximum Gasteiger partial charge on any atom is 0.222 e. The maximum atomic E-state index is 12.8. The van der Waals surface area contributed by atoms with Crippen LogP contribution in [0.2, 0.25) is 0 Å². The van der Waals surface area contributed by atoms with Gasteiger partial charge in [-0.15, -0.1) is 0 Å². The SMILES string of the molecule is CCN1C(N2CCCCC2)=Nc2ccccc2C1CC(=O)NCc1ccccc1. The number of carbonyl (C=O) groups is 1. The van der Waals surface area contributed by atoms with E-state index in [1.807, 2.05) is 42.5 Å². The van der Waals surface area contributed by atoms with Crippen LogP contribution in [0, 0.1) is 0 Å². The second-order valence-electron chi connectivity index (χ2n) is 7.79. The van der Waals surface area contributed by atoms with E-state index >= 15 is 0 Å². The number of amides is 1. The first-order chi connectivity index (χ1) is 14.3. The molecule has 0 radical (unpaired) electrons. The second-order valence-corrected chi connectivity index (χ2v) is 7.79. The molecule has 2 aromatic carbocycles. The third kappa shape index (κ3) is 4.44. The van der Waals surface area contributed by atoms with Crippen LogP contribution in [-0.2, 0) is 11.3 Å². The van der Waals surface area contributed by atoms with Crippen LogP contribution in [-0.4, -0.2) is 41.3 Å². The average Bonchev–Trinajstić information content (AvgIpc) is 2.78. The third-order valence-corrected chi connectivity index (χ3v) is 5.84. The lowest BCUT2D eigenvalue weighted by molar-refractivity contribution is -0.122. The van der Waals surface area contributed by atoms with Crippen LogP contribution >= 0.6 is 0 Å². The molecule has 2 aliphatic rings. The summed E-state index contributed by atoms with van der Waals surface area (Å²) in [7, 11) is 0. The van der Waals surface area contributed by atoms with Gasteiger partial charge in [0.05, 0.1) is 18.2 Å². The predicted octanol–water partition coefficient (Wildman–Crippen LogP) is 4.24. The van der Waals surface area contributed by atoms with Crippen molar-refractivity contribution in [2.24, 2.45) is 4.99 Å². The number of hydrogen-bond donors (Lipinski definition) is 1. The molecule has 152 valence electrons. The summed E-state index contributed by atoms with van der Waals surface area (Å²) in [5.74, 6) is 1.11. The quantitative estimate of drug-likeness (QED) is 0.831. The molecule has 1 fully saturated rings. The normalized spacial score (nSPS) is 18.8. The fourth-order valence-corrected chi connectivity index (χ4v) is 4.32. The lowest BCUT2D eigenvalue weighted by Gasteiger charge is -2.43. The molecule has 1 saturated heterocycles. The molecule has 5 nitrogen and oxygen atoms in total. The highest BCUT2D eigenvalue weighted by molar-refractivity contribution is 5.87. The molecule has 1 N–H and O–H groups in total. The minimum Gasteiger partial charge on any atom is -0.352 e. The zero-order chi connectivity index (χ0) is 20.1. The van der Waals surface area contributed by atoms with Gasteiger partial charge in [0.25, 0.3) is 0 Å². The van der Waals surface area contributed by atoms with E-state index in [1.54, 1.807) is 0 Å². The Morgan fingerprint density at radius 1 is 1.03 bits per heavy atom. The summed E-state index contributed by atoms with van der Waals surface area (Å²) < 4.78 is 0. The van der Waals surface area contributed by atoms with Crippen LogP contribution in [0.15, 0.2) is 59.6 Å². The van der Waals surface area contributed by atoms with Crippen molar-refractivity contribution in [3.05, 3.63) is 65.7 Å². The minimum absolute atomic E-state index is 0.0152. The number of nitrogens with zero attached hydrogens (tertiary/aromatic N) is 3. The van der Waals surface area contributed by atoms with Crippen molar-refractivity contribution in [2.75, 3.05) is 19.6 Å². The van der Waals surface area contributed by atoms with Crippen molar-refractivity contribution in [2.45, 2.75) is 45.2 Å². The van der Waals surface area contributed by atoms with Gasteiger partial charge >= 0.3 is 0 Å². The van der Waals surface area contributed by atoms with Crippen LogP contribution in [0.4, 0.5) is 5.69 Å². The molecule has 29 heavy (non-hydrogen) atoms. The number of likely N-dealkylation sites (tertiary alicyclic amines) is 1. The number of aliphatic imine (C=N–C) groups is 1. The fraction of sp³-hybridized carbons (Fsp3) is 0.417. The van der Waals surface area contributed by atoms with Crippen molar-refractivity contribution in [1.82, 2.24) is 15.1 Å². The van der Waals surface area contributed by atoms with E-state index in [0.717, 1.165) is 42.4 Å². The topological polar surface area (TPSA) is 47.9 Å². The van der Waals surface area contributed by atoms with Crippen molar-refractivity contribution in [3.8, 4) is 0 Å². The molecular weight excluding hydrogens is 360 g/mol. The van der Waals surface area contributed by atoms with Gasteiger partial charge in [-0.05, 0) is 37.8 Å². The molecule has 2 aromatic rings. The summed E-state index contributed by atoms with van der Waals surface area (Å²) in [5, 5.41) is 3.10. The minimum atomic E-state index is 0.0152. The molecule has 2 heterocycles. The number of carbonyl (C=O) groups excluding carboxylic acids is 1. The number of piperidine rings is 1. The lowest BCUT2D eigenvalue weighted by atomic mass is 9.97. The number of guanidine groups is 1. The predicted molar refractivity (Wildman–Crippen MR) is 117 cm³/mol. The van der Waals surface area contributed by atoms with Gasteiger partial charge < -0.3 is 15.1 Å². The molecule has 0 saturated carbocycles. The van der Waals surface area contributed by atoms with Crippen molar-refractivity contribution >= 4 is 17.6 Å². The van der Waals surface area contributed by atoms with Gasteiger partial charge in [0.15, 0.2) is 0 Å². The Morgan fingerprint density at radius 2 is 1.76 bits per heavy atom. The summed E-state index contributed by atoms with van der Waals surface area (Å²) in [4.78, 5) is 22.6. The average molecular weight is 391 g/mol. The van der Waals surface area contributed by atoms with Gasteiger partial charge in [-0.3, -0.25) is 4.79 Å². The summed E-state index contributed by atoms with van der Waals surface area (Å²) in [6, 6.07) is 18.3. The van der Waals surface area contributed by atoms with Gasteiger partial charge in [0.2, 0.25) is 11.9 Å². The number of rotatable bonds is 5. The number of fused-ring (bicyclic) bond motifs is 1. The number of benzene rings is 2. The summed E-state index contributed by atoms with van der Waals surface area (Å²) in [5.41, 5.74) is 3.26. The molecule has 0 spiro atoms. The standard InChI is InChI=1S/C24H30N4O/c1-2-28-22(17-23(29)25-18-19-11-5-3-6-12-19)20-13-7-8-14-21(20)26-24(28)27-15-9-4-10-16-27/h3,5-8,11-14,22H,2,4,9-10,15-18H2,1H3,(H,25,29). The Hall–Kier alpha value is -2.82. The van der Waals surface area contributed by atoms with E-state index in [4.69, 9.17) is 4.99 Å². The molecule has 0 aliphatic carbocycles. The Morgan fingerprint density at radius 3 is 2.52 bits per heavy atom. The van der Waals surface area contributed by atoms with Crippen LogP contribution in [0.5, 0.6) is 0 Å². The molecule has 1 unspecified atom stereocenters. The monoisotopic (exact) mass is 390 g/mol. The highest BCUT2D eigenvalue weighted by atomic mass is 16.1. The second kappa shape index (κ2) is 9.12. The number of nitrogens with one attached hydrogen (secondary N) is 1. The van der Waals surface area contributed by atoms with Crippen molar-refractivity contribution < 1.29 is 4.79 Å². The zero-order valence-electron chi connectivity index (χ0n) is 17.2. The molecule has 0 bridgehead atoms. The largest absolute Gasteiger partial charge is 0.352 e. The highest BCUT2D eigenvalue weighted by Gasteiger charge is 2.33. The summed E-state index contributed by atoms with van der Waals surface area (Å²) >= 11 is 0. The Labute approximate surface area is 173 Å². The molecule has 1 atom stereocenters. The number of para-hydroxylation sites is 1. The Kier molecular flexibility index (Phi) is 6.13. The van der Waals surface area contributed by atoms with Crippen LogP contribution < -0.4 is 5.32 Å². The Balaban J connectivity index is 1.54. The zero-order valence-corrected chi connectivity index (χ0v) is 17.2. The molecule has 0 aromatic heterocycles. The molecule has 4 rings (SSSR count). The lowest BCUT2D eigenvalue weighted by Crippen LogP contribution is -2.49. The van der Waals surface area contributed by atoms with Crippen LogP contribution in [0.3, 0.4) is 0 Å². The van der Waals surface area contributed by atoms with Crippen LogP contribution in [0.1, 0.15) is 49.8 Å². The van der Waals surface area contributed by atoms with E-state index in [1.165, 1.54) is 19.3 Å². The smallest absolute Gasteiger partial charge is 0.222 e. The van der Waals surface area contributed by atoms with Gasteiger partial charge in [0.1, 0.15) is 0 Å². The molecule has 5 heteroatoms. The first-order valence-corrected chi connectivity index (χ1v) is 10.8.